The van der Waals surface area contributed by atoms with Gasteiger partial charge in [0, 0.05) is 17.6 Å². The van der Waals surface area contributed by atoms with Crippen molar-refractivity contribution in [2.75, 3.05) is 24.6 Å². The summed E-state index contributed by atoms with van der Waals surface area (Å²) in [7, 11) is 0. The fraction of sp³-hybridized carbons (Fsp3) is 0.250. The van der Waals surface area contributed by atoms with Crippen LogP contribution in [0.4, 0.5) is 5.69 Å². The number of morpholine rings is 1. The zero-order valence-electron chi connectivity index (χ0n) is 11.4. The summed E-state index contributed by atoms with van der Waals surface area (Å²) in [5.74, 6) is 0. The summed E-state index contributed by atoms with van der Waals surface area (Å²) in [5.41, 5.74) is 2.62. The summed E-state index contributed by atoms with van der Waals surface area (Å²) >= 11 is 3.58. The van der Waals surface area contributed by atoms with Crippen LogP contribution in [0.15, 0.2) is 47.1 Å². The molecule has 1 atom stereocenters. The molecule has 2 aromatic rings. The molecule has 2 heterocycles. The maximum atomic E-state index is 8.81. The second kappa shape index (κ2) is 6.25. The van der Waals surface area contributed by atoms with Gasteiger partial charge in [0.2, 0.25) is 0 Å². The summed E-state index contributed by atoms with van der Waals surface area (Å²) < 4.78 is 6.96. The van der Waals surface area contributed by atoms with Crippen LogP contribution in [-0.2, 0) is 4.74 Å². The third kappa shape index (κ3) is 3.07. The van der Waals surface area contributed by atoms with Crippen molar-refractivity contribution >= 4 is 21.6 Å². The molecule has 0 spiro atoms. The molecule has 106 valence electrons. The molecule has 1 aromatic carbocycles. The standard InChI is InChI=1S/C16H14BrN3O/c17-15-4-2-1-3-14(15)16-11-20(7-8-21-16)13-6-5-12(9-18)19-10-13/h1-6,10,16H,7-8,11H2. The van der Waals surface area contributed by atoms with E-state index in [1.807, 2.05) is 30.3 Å². The lowest BCUT2D eigenvalue weighted by Crippen LogP contribution is -2.38. The van der Waals surface area contributed by atoms with Gasteiger partial charge in [0.15, 0.2) is 0 Å². The third-order valence-electron chi connectivity index (χ3n) is 3.55. The second-order valence-corrected chi connectivity index (χ2v) is 5.69. The van der Waals surface area contributed by atoms with Crippen molar-refractivity contribution in [3.05, 3.63) is 58.3 Å². The maximum absolute atomic E-state index is 8.81. The van der Waals surface area contributed by atoms with Crippen LogP contribution in [0.2, 0.25) is 0 Å². The van der Waals surface area contributed by atoms with Gasteiger partial charge >= 0.3 is 0 Å². The van der Waals surface area contributed by atoms with E-state index in [0.717, 1.165) is 28.8 Å². The predicted octanol–water partition coefficient (Wildman–Crippen LogP) is 3.29. The molecule has 5 heteroatoms. The molecule has 0 aliphatic carbocycles. The molecule has 0 N–H and O–H groups in total. The molecule has 1 aliphatic rings. The molecule has 21 heavy (non-hydrogen) atoms. The van der Waals surface area contributed by atoms with E-state index in [4.69, 9.17) is 10.00 Å². The van der Waals surface area contributed by atoms with Gasteiger partial charge in [-0.25, -0.2) is 4.98 Å². The quantitative estimate of drug-likeness (QED) is 0.839. The second-order valence-electron chi connectivity index (χ2n) is 4.84. The molecule has 1 aliphatic heterocycles. The van der Waals surface area contributed by atoms with Gasteiger partial charge in [-0.15, -0.1) is 0 Å². The highest BCUT2D eigenvalue weighted by Gasteiger charge is 2.23. The molecule has 0 radical (unpaired) electrons. The lowest BCUT2D eigenvalue weighted by Gasteiger charge is -2.34. The molecule has 3 rings (SSSR count). The van der Waals surface area contributed by atoms with Gasteiger partial charge in [0.05, 0.1) is 18.5 Å². The van der Waals surface area contributed by atoms with Gasteiger partial charge in [-0.05, 0) is 23.8 Å². The number of anilines is 1. The summed E-state index contributed by atoms with van der Waals surface area (Å²) in [6.45, 7) is 2.27. The number of ether oxygens (including phenoxy) is 1. The molecule has 1 fully saturated rings. The average Bonchev–Trinajstić information content (AvgIpc) is 2.55. The van der Waals surface area contributed by atoms with E-state index in [1.54, 1.807) is 12.3 Å². The van der Waals surface area contributed by atoms with Crippen LogP contribution < -0.4 is 4.90 Å². The van der Waals surface area contributed by atoms with Crippen molar-refractivity contribution in [2.45, 2.75) is 6.10 Å². The Bertz CT molecular complexity index is 666. The summed E-state index contributed by atoms with van der Waals surface area (Å²) in [4.78, 5) is 6.37. The number of aromatic nitrogens is 1. The Balaban J connectivity index is 1.79. The van der Waals surface area contributed by atoms with Gasteiger partial charge in [-0.2, -0.15) is 5.26 Å². The van der Waals surface area contributed by atoms with Crippen LogP contribution >= 0.6 is 15.9 Å². The van der Waals surface area contributed by atoms with Crippen LogP contribution in [0.1, 0.15) is 17.4 Å². The van der Waals surface area contributed by atoms with Crippen LogP contribution in [0.3, 0.4) is 0 Å². The number of halogens is 1. The molecule has 1 saturated heterocycles. The van der Waals surface area contributed by atoms with E-state index >= 15 is 0 Å². The van der Waals surface area contributed by atoms with Gasteiger partial charge < -0.3 is 9.64 Å². The number of nitrogens with zero attached hydrogens (tertiary/aromatic N) is 3. The largest absolute Gasteiger partial charge is 0.370 e. The Kier molecular flexibility index (Phi) is 4.18. The fourth-order valence-corrected chi connectivity index (χ4v) is 2.99. The van der Waals surface area contributed by atoms with E-state index in [0.29, 0.717) is 12.3 Å². The van der Waals surface area contributed by atoms with Crippen LogP contribution in [0.25, 0.3) is 0 Å². The zero-order chi connectivity index (χ0) is 14.7. The van der Waals surface area contributed by atoms with Crippen LogP contribution in [0, 0.1) is 11.3 Å². The normalized spacial score (nSPS) is 18.3. The van der Waals surface area contributed by atoms with Crippen molar-refractivity contribution in [1.29, 1.82) is 5.26 Å². The van der Waals surface area contributed by atoms with Gasteiger partial charge in [-0.3, -0.25) is 0 Å². The van der Waals surface area contributed by atoms with Crippen molar-refractivity contribution in [3.8, 4) is 6.07 Å². The zero-order valence-corrected chi connectivity index (χ0v) is 13.0. The summed E-state index contributed by atoms with van der Waals surface area (Å²) in [6, 6.07) is 13.9. The number of hydrogen-bond acceptors (Lipinski definition) is 4. The topological polar surface area (TPSA) is 49.2 Å². The molecule has 4 nitrogen and oxygen atoms in total. The van der Waals surface area contributed by atoms with Crippen molar-refractivity contribution in [1.82, 2.24) is 4.98 Å². The number of pyridine rings is 1. The molecule has 0 saturated carbocycles. The van der Waals surface area contributed by atoms with E-state index < -0.39 is 0 Å². The van der Waals surface area contributed by atoms with Gasteiger partial charge in [0.1, 0.15) is 17.9 Å². The Morgan fingerprint density at radius 2 is 2.14 bits per heavy atom. The minimum absolute atomic E-state index is 0.0324. The predicted molar refractivity (Wildman–Crippen MR) is 84.0 cm³/mol. The molecule has 1 aromatic heterocycles. The van der Waals surface area contributed by atoms with Crippen LogP contribution in [-0.4, -0.2) is 24.7 Å². The first-order valence-electron chi connectivity index (χ1n) is 6.75. The lowest BCUT2D eigenvalue weighted by atomic mass is 10.1. The average molecular weight is 344 g/mol. The van der Waals surface area contributed by atoms with Crippen molar-refractivity contribution < 1.29 is 4.74 Å². The maximum Gasteiger partial charge on any atom is 0.140 e. The summed E-state index contributed by atoms with van der Waals surface area (Å²) in [5, 5.41) is 8.81. The highest BCUT2D eigenvalue weighted by Crippen LogP contribution is 2.30. The first-order chi connectivity index (χ1) is 10.3. The SMILES string of the molecule is N#Cc1ccc(N2CCOC(c3ccccc3Br)C2)cn1. The Hall–Kier alpha value is -1.90. The molecule has 1 unspecified atom stereocenters. The smallest absolute Gasteiger partial charge is 0.140 e. The molecular formula is C16H14BrN3O. The Morgan fingerprint density at radius 3 is 2.86 bits per heavy atom. The van der Waals surface area contributed by atoms with Gasteiger partial charge in [0.25, 0.3) is 0 Å². The molecular weight excluding hydrogens is 330 g/mol. The van der Waals surface area contributed by atoms with Crippen molar-refractivity contribution in [2.24, 2.45) is 0 Å². The van der Waals surface area contributed by atoms with E-state index in [2.05, 4.69) is 31.9 Å². The number of benzene rings is 1. The van der Waals surface area contributed by atoms with Crippen molar-refractivity contribution in [3.63, 3.8) is 0 Å². The Labute approximate surface area is 132 Å². The highest BCUT2D eigenvalue weighted by molar-refractivity contribution is 9.10. The lowest BCUT2D eigenvalue weighted by molar-refractivity contribution is 0.0393. The van der Waals surface area contributed by atoms with E-state index in [9.17, 15) is 0 Å². The van der Waals surface area contributed by atoms with E-state index in [-0.39, 0.29) is 6.10 Å². The fourth-order valence-electron chi connectivity index (χ4n) is 2.45. The molecule has 0 bridgehead atoms. The monoisotopic (exact) mass is 343 g/mol. The minimum atomic E-state index is 0.0324. The number of nitriles is 1. The minimum Gasteiger partial charge on any atom is -0.370 e. The first kappa shape index (κ1) is 14.1. The van der Waals surface area contributed by atoms with E-state index in [1.165, 1.54) is 0 Å². The first-order valence-corrected chi connectivity index (χ1v) is 7.54. The highest BCUT2D eigenvalue weighted by atomic mass is 79.9. The molecule has 0 amide bonds. The van der Waals surface area contributed by atoms with Gasteiger partial charge in [-0.1, -0.05) is 34.1 Å². The number of rotatable bonds is 2. The number of hydrogen-bond donors (Lipinski definition) is 0. The summed E-state index contributed by atoms with van der Waals surface area (Å²) in [6.07, 6.45) is 1.78. The third-order valence-corrected chi connectivity index (χ3v) is 4.27. The van der Waals surface area contributed by atoms with Crippen LogP contribution in [0.5, 0.6) is 0 Å². The Morgan fingerprint density at radius 1 is 1.29 bits per heavy atom.